The van der Waals surface area contributed by atoms with Crippen LogP contribution in [0.4, 0.5) is 28.7 Å². The molecule has 1 aromatic heterocycles. The molecule has 1 aliphatic heterocycles. The second kappa shape index (κ2) is 9.48. The molecule has 3 aromatic rings. The Kier molecular flexibility index (Phi) is 6.32. The van der Waals surface area contributed by atoms with Gasteiger partial charge in [0, 0.05) is 37.6 Å². The highest BCUT2D eigenvalue weighted by molar-refractivity contribution is 5.78. The third kappa shape index (κ3) is 4.64. The van der Waals surface area contributed by atoms with E-state index in [1.165, 1.54) is 24.1 Å². The van der Waals surface area contributed by atoms with Crippen LogP contribution in [0.25, 0.3) is 0 Å². The summed E-state index contributed by atoms with van der Waals surface area (Å²) in [5.74, 6) is 1.46. The number of unbranched alkanes of at least 4 members (excludes halogenated alkanes) is 1. The molecule has 6 heteroatoms. The Morgan fingerprint density at radius 1 is 0.900 bits per heavy atom. The molecule has 1 saturated heterocycles. The van der Waals surface area contributed by atoms with Gasteiger partial charge < -0.3 is 20.9 Å². The van der Waals surface area contributed by atoms with E-state index < -0.39 is 0 Å². The number of para-hydroxylation sites is 1. The summed E-state index contributed by atoms with van der Waals surface area (Å²) in [6.45, 7) is 5.85. The number of nitrogens with two attached hydrogens (primary N) is 1. The summed E-state index contributed by atoms with van der Waals surface area (Å²) in [5.41, 5.74) is 10.7. The molecule has 0 unspecified atom stereocenters. The molecule has 1 fully saturated rings. The van der Waals surface area contributed by atoms with E-state index in [2.05, 4.69) is 86.6 Å². The fourth-order valence-electron chi connectivity index (χ4n) is 3.83. The Morgan fingerprint density at radius 2 is 1.60 bits per heavy atom. The van der Waals surface area contributed by atoms with E-state index in [1.54, 1.807) is 6.33 Å². The van der Waals surface area contributed by atoms with E-state index in [0.717, 1.165) is 44.1 Å². The summed E-state index contributed by atoms with van der Waals surface area (Å²) in [4.78, 5) is 13.5. The zero-order valence-electron chi connectivity index (χ0n) is 17.6. The summed E-state index contributed by atoms with van der Waals surface area (Å²) in [6.07, 6.45) is 5.13. The van der Waals surface area contributed by atoms with Crippen molar-refractivity contribution in [2.75, 3.05) is 47.0 Å². The van der Waals surface area contributed by atoms with Crippen LogP contribution >= 0.6 is 0 Å². The molecule has 1 aliphatic rings. The van der Waals surface area contributed by atoms with Gasteiger partial charge in [0.25, 0.3) is 0 Å². The number of hydrogen-bond donors (Lipinski definition) is 2. The lowest BCUT2D eigenvalue weighted by Gasteiger charge is -2.37. The normalized spacial score (nSPS) is 14.0. The summed E-state index contributed by atoms with van der Waals surface area (Å²) >= 11 is 0. The van der Waals surface area contributed by atoms with Crippen LogP contribution in [0.2, 0.25) is 0 Å². The number of aryl methyl sites for hydroxylation is 1. The van der Waals surface area contributed by atoms with Crippen LogP contribution in [-0.4, -0.2) is 36.1 Å². The van der Waals surface area contributed by atoms with E-state index in [0.29, 0.717) is 11.5 Å². The summed E-state index contributed by atoms with van der Waals surface area (Å²) in [6, 6.07) is 19.0. The standard InChI is InChI=1S/C24H30N6/c1-2-3-7-19-10-12-20(13-11-19)28-23-22(25)24(27-18-26-23)30-16-14-29(15-17-30)21-8-5-4-6-9-21/h4-6,8-13,18H,2-3,7,14-17,25H2,1H3,(H,26,27,28). The van der Waals surface area contributed by atoms with Gasteiger partial charge in [0.2, 0.25) is 0 Å². The fraction of sp³-hybridized carbons (Fsp3) is 0.333. The van der Waals surface area contributed by atoms with Gasteiger partial charge in [0.05, 0.1) is 0 Å². The molecule has 0 bridgehead atoms. The van der Waals surface area contributed by atoms with Crippen molar-refractivity contribution in [2.24, 2.45) is 0 Å². The molecule has 2 heterocycles. The predicted molar refractivity (Wildman–Crippen MR) is 126 cm³/mol. The van der Waals surface area contributed by atoms with Crippen molar-refractivity contribution in [1.82, 2.24) is 9.97 Å². The highest BCUT2D eigenvalue weighted by Gasteiger charge is 2.21. The minimum atomic E-state index is 0.598. The number of nitrogens with zero attached hydrogens (tertiary/aromatic N) is 4. The average molecular weight is 403 g/mol. The summed E-state index contributed by atoms with van der Waals surface area (Å²) in [7, 11) is 0. The molecule has 2 aromatic carbocycles. The van der Waals surface area contributed by atoms with Crippen LogP contribution in [-0.2, 0) is 6.42 Å². The van der Waals surface area contributed by atoms with E-state index in [9.17, 15) is 0 Å². The van der Waals surface area contributed by atoms with Gasteiger partial charge in [-0.1, -0.05) is 43.7 Å². The minimum Gasteiger partial charge on any atom is -0.393 e. The Labute approximate surface area is 178 Å². The molecule has 0 aliphatic carbocycles. The second-order valence-electron chi connectivity index (χ2n) is 7.69. The number of nitrogens with one attached hydrogen (secondary N) is 1. The predicted octanol–water partition coefficient (Wildman–Crippen LogP) is 4.47. The molecule has 0 radical (unpaired) electrons. The third-order valence-corrected chi connectivity index (χ3v) is 5.60. The van der Waals surface area contributed by atoms with Crippen molar-refractivity contribution in [3.63, 3.8) is 0 Å². The Bertz CT molecular complexity index is 934. The van der Waals surface area contributed by atoms with Crippen molar-refractivity contribution in [3.8, 4) is 0 Å². The molecule has 4 rings (SSSR count). The van der Waals surface area contributed by atoms with Crippen molar-refractivity contribution in [2.45, 2.75) is 26.2 Å². The second-order valence-corrected chi connectivity index (χ2v) is 7.69. The smallest absolute Gasteiger partial charge is 0.159 e. The number of piperazine rings is 1. The number of benzene rings is 2. The Morgan fingerprint density at radius 3 is 2.30 bits per heavy atom. The Balaban J connectivity index is 1.42. The van der Waals surface area contributed by atoms with Gasteiger partial charge in [-0.15, -0.1) is 0 Å². The van der Waals surface area contributed by atoms with Crippen LogP contribution in [0.15, 0.2) is 60.9 Å². The van der Waals surface area contributed by atoms with Crippen LogP contribution in [0.1, 0.15) is 25.3 Å². The maximum Gasteiger partial charge on any atom is 0.159 e. The largest absolute Gasteiger partial charge is 0.393 e. The first-order valence-corrected chi connectivity index (χ1v) is 10.8. The molecular formula is C24H30N6. The van der Waals surface area contributed by atoms with Crippen LogP contribution in [0.5, 0.6) is 0 Å². The topological polar surface area (TPSA) is 70.3 Å². The number of hydrogen-bond acceptors (Lipinski definition) is 6. The maximum absolute atomic E-state index is 6.46. The molecule has 0 saturated carbocycles. The van der Waals surface area contributed by atoms with E-state index in [1.807, 2.05) is 0 Å². The van der Waals surface area contributed by atoms with Crippen LogP contribution < -0.4 is 20.9 Å². The van der Waals surface area contributed by atoms with Gasteiger partial charge in [-0.3, -0.25) is 0 Å². The quantitative estimate of drug-likeness (QED) is 0.608. The zero-order chi connectivity index (χ0) is 20.8. The number of anilines is 5. The molecular weight excluding hydrogens is 372 g/mol. The molecule has 30 heavy (non-hydrogen) atoms. The highest BCUT2D eigenvalue weighted by Crippen LogP contribution is 2.30. The van der Waals surface area contributed by atoms with Gasteiger partial charge in [0.15, 0.2) is 11.6 Å². The molecule has 0 spiro atoms. The SMILES string of the molecule is CCCCc1ccc(Nc2ncnc(N3CCN(c4ccccc4)CC3)c2N)cc1. The van der Waals surface area contributed by atoms with Gasteiger partial charge >= 0.3 is 0 Å². The molecule has 156 valence electrons. The highest BCUT2D eigenvalue weighted by atomic mass is 15.3. The van der Waals surface area contributed by atoms with E-state index in [4.69, 9.17) is 5.73 Å². The molecule has 0 amide bonds. The van der Waals surface area contributed by atoms with Gasteiger partial charge in [-0.05, 0) is 42.7 Å². The number of aromatic nitrogens is 2. The first-order chi connectivity index (χ1) is 14.7. The van der Waals surface area contributed by atoms with Crippen molar-refractivity contribution in [1.29, 1.82) is 0 Å². The fourth-order valence-corrected chi connectivity index (χ4v) is 3.83. The first kappa shape index (κ1) is 20.0. The third-order valence-electron chi connectivity index (χ3n) is 5.60. The lowest BCUT2D eigenvalue weighted by molar-refractivity contribution is 0.647. The lowest BCUT2D eigenvalue weighted by Crippen LogP contribution is -2.47. The number of rotatable bonds is 7. The van der Waals surface area contributed by atoms with E-state index in [-0.39, 0.29) is 0 Å². The average Bonchev–Trinajstić information content (AvgIpc) is 2.81. The van der Waals surface area contributed by atoms with E-state index >= 15 is 0 Å². The zero-order valence-corrected chi connectivity index (χ0v) is 17.6. The van der Waals surface area contributed by atoms with Crippen LogP contribution in [0, 0.1) is 0 Å². The Hall–Kier alpha value is -3.28. The van der Waals surface area contributed by atoms with Gasteiger partial charge in [-0.2, -0.15) is 0 Å². The maximum atomic E-state index is 6.46. The summed E-state index contributed by atoms with van der Waals surface area (Å²) < 4.78 is 0. The number of nitrogen functional groups attached to an aromatic ring is 1. The van der Waals surface area contributed by atoms with Gasteiger partial charge in [-0.25, -0.2) is 9.97 Å². The molecule has 3 N–H and O–H groups in total. The van der Waals surface area contributed by atoms with Crippen LogP contribution in [0.3, 0.4) is 0 Å². The first-order valence-electron chi connectivity index (χ1n) is 10.8. The minimum absolute atomic E-state index is 0.598. The van der Waals surface area contributed by atoms with Crippen molar-refractivity contribution in [3.05, 3.63) is 66.5 Å². The van der Waals surface area contributed by atoms with Crippen molar-refractivity contribution < 1.29 is 0 Å². The van der Waals surface area contributed by atoms with Crippen molar-refractivity contribution >= 4 is 28.7 Å². The van der Waals surface area contributed by atoms with Gasteiger partial charge in [0.1, 0.15) is 12.0 Å². The molecule has 6 nitrogen and oxygen atoms in total. The lowest BCUT2D eigenvalue weighted by atomic mass is 10.1. The molecule has 0 atom stereocenters. The summed E-state index contributed by atoms with van der Waals surface area (Å²) in [5, 5.41) is 3.36. The monoisotopic (exact) mass is 402 g/mol.